The predicted octanol–water partition coefficient (Wildman–Crippen LogP) is 2.99. The Bertz CT molecular complexity index is 1180. The number of aliphatic carboxylic acids is 1. The molecule has 0 unspecified atom stereocenters. The van der Waals surface area contributed by atoms with E-state index in [0.29, 0.717) is 0 Å². The Morgan fingerprint density at radius 1 is 0.333 bits per heavy atom. The van der Waals surface area contributed by atoms with Crippen molar-refractivity contribution in [1.82, 2.24) is 19.6 Å². The fraction of sp³-hybridized carbons (Fsp3) is 0.842. The molecule has 0 saturated heterocycles. The van der Waals surface area contributed by atoms with E-state index in [0.717, 1.165) is 0 Å². The van der Waals surface area contributed by atoms with Crippen LogP contribution in [0.15, 0.2) is 0 Å². The summed E-state index contributed by atoms with van der Waals surface area (Å²) in [7, 11) is 0. The van der Waals surface area contributed by atoms with E-state index in [4.69, 9.17) is 23.7 Å². The van der Waals surface area contributed by atoms with Crippen molar-refractivity contribution in [3.63, 3.8) is 0 Å². The number of carboxylic acid groups (broad SMARTS) is 1. The van der Waals surface area contributed by atoms with Crippen molar-refractivity contribution < 1.29 is 57.6 Å². The molecule has 314 valence electrons. The normalized spacial score (nSPS) is 12.9. The van der Waals surface area contributed by atoms with E-state index in [-0.39, 0.29) is 78.5 Å². The van der Waals surface area contributed by atoms with E-state index in [2.05, 4.69) is 0 Å². The van der Waals surface area contributed by atoms with Gasteiger partial charge in [0.2, 0.25) is 0 Å². The molecule has 0 rings (SSSR count). The summed E-state index contributed by atoms with van der Waals surface area (Å²) in [6.07, 6.45) is 0. The molecule has 0 atom stereocenters. The first-order valence-electron chi connectivity index (χ1n) is 18.4. The van der Waals surface area contributed by atoms with Gasteiger partial charge in [0.05, 0.1) is 39.3 Å². The van der Waals surface area contributed by atoms with E-state index >= 15 is 0 Å². The van der Waals surface area contributed by atoms with Crippen LogP contribution in [-0.2, 0) is 52.5 Å². The number of carboxylic acids is 1. The number of rotatable bonds is 21. The maximum absolute atomic E-state index is 13.0. The maximum atomic E-state index is 13.0. The lowest BCUT2D eigenvalue weighted by Gasteiger charge is -2.31. The molecule has 0 aliphatic carbocycles. The predicted molar refractivity (Wildman–Crippen MR) is 203 cm³/mol. The van der Waals surface area contributed by atoms with Crippen molar-refractivity contribution in [3.05, 3.63) is 0 Å². The fourth-order valence-electron chi connectivity index (χ4n) is 4.79. The van der Waals surface area contributed by atoms with E-state index < -0.39 is 63.8 Å². The van der Waals surface area contributed by atoms with Crippen LogP contribution in [0, 0.1) is 0 Å². The van der Waals surface area contributed by atoms with Crippen molar-refractivity contribution in [3.8, 4) is 0 Å². The van der Waals surface area contributed by atoms with Gasteiger partial charge in [0.15, 0.2) is 0 Å². The molecule has 16 nitrogen and oxygen atoms in total. The van der Waals surface area contributed by atoms with Gasteiger partial charge < -0.3 is 28.8 Å². The Labute approximate surface area is 323 Å². The van der Waals surface area contributed by atoms with Gasteiger partial charge in [-0.3, -0.25) is 48.4 Å². The minimum absolute atomic E-state index is 0.122. The van der Waals surface area contributed by atoms with Crippen molar-refractivity contribution >= 4 is 35.8 Å². The van der Waals surface area contributed by atoms with Crippen LogP contribution in [-0.4, -0.2) is 167 Å². The Kier molecular flexibility index (Phi) is 20.3. The molecule has 1 N–H and O–H groups in total. The van der Waals surface area contributed by atoms with E-state index in [9.17, 15) is 33.9 Å². The third-order valence-electron chi connectivity index (χ3n) is 6.42. The molecule has 0 radical (unpaired) electrons. The van der Waals surface area contributed by atoms with Crippen molar-refractivity contribution in [2.75, 3.05) is 78.5 Å². The average Bonchev–Trinajstić information content (AvgIpc) is 2.86. The molecule has 16 heteroatoms. The van der Waals surface area contributed by atoms with Crippen LogP contribution in [0.1, 0.15) is 104 Å². The highest BCUT2D eigenvalue weighted by Gasteiger charge is 2.27. The molecule has 0 aromatic rings. The summed E-state index contributed by atoms with van der Waals surface area (Å²) in [5.74, 6) is -3.80. The Hall–Kier alpha value is -3.34. The summed E-state index contributed by atoms with van der Waals surface area (Å²) < 4.78 is 27.5. The number of esters is 5. The van der Waals surface area contributed by atoms with Crippen LogP contribution in [0.3, 0.4) is 0 Å². The Balaban J connectivity index is 6.19. The molecule has 0 amide bonds. The monoisotopic (exact) mass is 774 g/mol. The third-order valence-corrected chi connectivity index (χ3v) is 6.42. The van der Waals surface area contributed by atoms with Crippen molar-refractivity contribution in [2.24, 2.45) is 0 Å². The summed E-state index contributed by atoms with van der Waals surface area (Å²) in [5.41, 5.74) is -3.77. The lowest BCUT2D eigenvalue weighted by atomic mass is 10.2. The quantitative estimate of drug-likeness (QED) is 0.133. The molecule has 0 bridgehead atoms. The molecule has 0 spiro atoms. The van der Waals surface area contributed by atoms with E-state index in [1.54, 1.807) is 123 Å². The zero-order valence-electron chi connectivity index (χ0n) is 35.7. The highest BCUT2D eigenvalue weighted by Crippen LogP contribution is 2.13. The lowest BCUT2D eigenvalue weighted by Crippen LogP contribution is -2.48. The number of hydrogen-bond acceptors (Lipinski definition) is 15. The SMILES string of the molecule is CC(C)(C)OC(=O)CN(CCN(CCN(CC(=O)OC(C)(C)C)CC(=O)OC(C)(C)C)CC(=O)O)CCN(CC(=O)OC(C)(C)C)CC(=O)OC(C)(C)C. The van der Waals surface area contributed by atoms with Gasteiger partial charge in [0.25, 0.3) is 0 Å². The van der Waals surface area contributed by atoms with Crippen LogP contribution in [0.5, 0.6) is 0 Å². The summed E-state index contributed by atoms with van der Waals surface area (Å²) >= 11 is 0. The van der Waals surface area contributed by atoms with Gasteiger partial charge in [0, 0.05) is 39.3 Å². The Morgan fingerprint density at radius 3 is 0.685 bits per heavy atom. The van der Waals surface area contributed by atoms with Gasteiger partial charge in [-0.15, -0.1) is 0 Å². The molecule has 0 aliphatic heterocycles. The fourth-order valence-corrected chi connectivity index (χ4v) is 4.79. The largest absolute Gasteiger partial charge is 0.480 e. The number of carbonyl (C=O) groups excluding carboxylic acids is 5. The molecule has 54 heavy (non-hydrogen) atoms. The first-order chi connectivity index (χ1) is 24.2. The summed E-state index contributed by atoms with van der Waals surface area (Å²) in [6.45, 7) is 25.6. The van der Waals surface area contributed by atoms with Gasteiger partial charge in [-0.25, -0.2) is 0 Å². The highest BCUT2D eigenvalue weighted by molar-refractivity contribution is 5.76. The minimum Gasteiger partial charge on any atom is -0.480 e. The standard InChI is InChI=1S/C38H70N4O12/c1-34(2,3)50-29(45)23-40(19-21-42(26-32(48)53-37(10,11)12)27-33(49)54-38(13,14)15)17-16-39(22-28(43)44)18-20-41(24-30(46)51-35(4,5)6)25-31(47)52-36(7,8)9/h16-27H2,1-15H3,(H,43,44). The maximum Gasteiger partial charge on any atom is 0.320 e. The molecule has 0 aliphatic rings. The van der Waals surface area contributed by atoms with Gasteiger partial charge in [-0.2, -0.15) is 0 Å². The molecule has 0 fully saturated rings. The molecular weight excluding hydrogens is 704 g/mol. The lowest BCUT2D eigenvalue weighted by molar-refractivity contribution is -0.162. The first-order valence-corrected chi connectivity index (χ1v) is 18.4. The number of hydrogen-bond donors (Lipinski definition) is 1. The Morgan fingerprint density at radius 2 is 0.500 bits per heavy atom. The second-order valence-corrected chi connectivity index (χ2v) is 18.3. The molecule has 0 saturated carbocycles. The molecule has 0 aromatic carbocycles. The number of nitrogens with zero attached hydrogens (tertiary/aromatic N) is 4. The number of carbonyl (C=O) groups is 6. The van der Waals surface area contributed by atoms with Gasteiger partial charge in [-0.05, 0) is 104 Å². The summed E-state index contributed by atoms with van der Waals surface area (Å²) in [6, 6.07) is 0. The molecule has 0 aromatic heterocycles. The smallest absolute Gasteiger partial charge is 0.320 e. The van der Waals surface area contributed by atoms with Crippen LogP contribution < -0.4 is 0 Å². The van der Waals surface area contributed by atoms with Crippen LogP contribution in [0.4, 0.5) is 0 Å². The van der Waals surface area contributed by atoms with E-state index in [1.807, 2.05) is 0 Å². The van der Waals surface area contributed by atoms with Gasteiger partial charge >= 0.3 is 35.8 Å². The van der Waals surface area contributed by atoms with Gasteiger partial charge in [0.1, 0.15) is 28.0 Å². The topological polar surface area (TPSA) is 182 Å². The van der Waals surface area contributed by atoms with Crippen LogP contribution in [0.2, 0.25) is 0 Å². The molecular formula is C38H70N4O12. The second kappa shape index (κ2) is 21.7. The zero-order chi connectivity index (χ0) is 42.3. The average molecular weight is 775 g/mol. The zero-order valence-corrected chi connectivity index (χ0v) is 35.7. The van der Waals surface area contributed by atoms with Crippen molar-refractivity contribution in [1.29, 1.82) is 0 Å². The van der Waals surface area contributed by atoms with Crippen molar-refractivity contribution in [2.45, 2.75) is 132 Å². The third kappa shape index (κ3) is 30.0. The number of ether oxygens (including phenoxy) is 5. The van der Waals surface area contributed by atoms with E-state index in [1.165, 1.54) is 0 Å². The first kappa shape index (κ1) is 50.7. The second-order valence-electron chi connectivity index (χ2n) is 18.3. The van der Waals surface area contributed by atoms with Crippen LogP contribution in [0.25, 0.3) is 0 Å². The minimum atomic E-state index is -1.10. The summed E-state index contributed by atoms with van der Waals surface area (Å²) in [5, 5.41) is 9.75. The summed E-state index contributed by atoms with van der Waals surface area (Å²) in [4.78, 5) is 82.5. The highest BCUT2D eigenvalue weighted by atomic mass is 16.6. The van der Waals surface area contributed by atoms with Gasteiger partial charge in [-0.1, -0.05) is 0 Å². The van der Waals surface area contributed by atoms with Crippen LogP contribution >= 0.6 is 0 Å². The molecule has 0 heterocycles.